The van der Waals surface area contributed by atoms with Crippen LogP contribution in [0.15, 0.2) is 24.3 Å². The van der Waals surface area contributed by atoms with Gasteiger partial charge >= 0.3 is 6.03 Å². The first-order valence-electron chi connectivity index (χ1n) is 10.9. The third kappa shape index (κ3) is 5.12. The van der Waals surface area contributed by atoms with Gasteiger partial charge in [-0.1, -0.05) is 37.8 Å². The summed E-state index contributed by atoms with van der Waals surface area (Å²) in [5.74, 6) is 7.01. The fourth-order valence-corrected chi connectivity index (χ4v) is 4.48. The number of hydrogen-bond donors (Lipinski definition) is 2. The van der Waals surface area contributed by atoms with E-state index in [1.807, 2.05) is 18.7 Å². The third-order valence-corrected chi connectivity index (χ3v) is 5.87. The second-order valence-electron chi connectivity index (χ2n) is 8.88. The molecule has 2 heterocycles. The highest BCUT2D eigenvalue weighted by Gasteiger charge is 2.49. The van der Waals surface area contributed by atoms with Gasteiger partial charge in [-0.05, 0) is 50.9 Å². The van der Waals surface area contributed by atoms with E-state index < -0.39 is 0 Å². The Morgan fingerprint density at radius 2 is 1.86 bits per heavy atom. The summed E-state index contributed by atoms with van der Waals surface area (Å²) < 4.78 is 0. The summed E-state index contributed by atoms with van der Waals surface area (Å²) in [7, 11) is 0. The van der Waals surface area contributed by atoms with Gasteiger partial charge in [-0.2, -0.15) is 0 Å². The van der Waals surface area contributed by atoms with Gasteiger partial charge in [-0.15, -0.1) is 0 Å². The topological polar surface area (TPSA) is 55.8 Å². The molecule has 2 amide bonds. The zero-order valence-corrected chi connectivity index (χ0v) is 18.2. The lowest BCUT2D eigenvalue weighted by Crippen LogP contribution is -2.68. The predicted octanol–water partition coefficient (Wildman–Crippen LogP) is 3.04. The third-order valence-electron chi connectivity index (χ3n) is 5.87. The summed E-state index contributed by atoms with van der Waals surface area (Å²) in [6.45, 7) is 10.8. The highest BCUT2D eigenvalue weighted by atomic mass is 16.3. The Morgan fingerprint density at radius 1 is 1.17 bits per heavy atom. The lowest BCUT2D eigenvalue weighted by atomic mass is 9.74. The van der Waals surface area contributed by atoms with Crippen LogP contribution >= 0.6 is 0 Å². The van der Waals surface area contributed by atoms with Crippen LogP contribution in [0.3, 0.4) is 0 Å². The van der Waals surface area contributed by atoms with Gasteiger partial charge in [-0.3, -0.25) is 4.90 Å². The van der Waals surface area contributed by atoms with E-state index in [4.69, 9.17) is 0 Å². The number of fused-ring (bicyclic) bond motifs is 1. The molecule has 1 aromatic carbocycles. The normalized spacial score (nSPS) is 24.8. The summed E-state index contributed by atoms with van der Waals surface area (Å²) in [6.07, 6.45) is 2.05. The summed E-state index contributed by atoms with van der Waals surface area (Å²) >= 11 is 0. The molecule has 2 saturated heterocycles. The number of hydrogen-bond acceptors (Lipinski definition) is 3. The maximum absolute atomic E-state index is 12.6. The summed E-state index contributed by atoms with van der Waals surface area (Å²) in [5, 5.41) is 13.1. The smallest absolute Gasteiger partial charge is 0.317 e. The maximum Gasteiger partial charge on any atom is 0.317 e. The molecule has 2 N–H and O–H groups in total. The minimum atomic E-state index is 0.0207. The zero-order chi connectivity index (χ0) is 21.0. The molecule has 3 rings (SSSR count). The van der Waals surface area contributed by atoms with Gasteiger partial charge in [0.25, 0.3) is 0 Å². The Labute approximate surface area is 175 Å². The molecule has 2 aliphatic rings. The van der Waals surface area contributed by atoms with Gasteiger partial charge in [0.15, 0.2) is 0 Å². The molecule has 3 atom stereocenters. The van der Waals surface area contributed by atoms with E-state index in [1.165, 1.54) is 5.56 Å². The molecule has 2 aliphatic heterocycles. The van der Waals surface area contributed by atoms with Crippen molar-refractivity contribution in [1.82, 2.24) is 15.1 Å². The molecular weight excluding hydrogens is 362 g/mol. The molecule has 1 aromatic rings. The highest BCUT2D eigenvalue weighted by molar-refractivity contribution is 5.74. The van der Waals surface area contributed by atoms with Crippen molar-refractivity contribution in [2.45, 2.75) is 64.6 Å². The van der Waals surface area contributed by atoms with E-state index in [9.17, 15) is 9.90 Å². The molecule has 158 valence electrons. The van der Waals surface area contributed by atoms with Crippen molar-refractivity contribution in [3.63, 3.8) is 0 Å². The second-order valence-corrected chi connectivity index (χ2v) is 8.88. The molecule has 0 saturated carbocycles. The number of nitrogens with zero attached hydrogens (tertiary/aromatic N) is 2. The van der Waals surface area contributed by atoms with Crippen LogP contribution in [0.2, 0.25) is 0 Å². The largest absolute Gasteiger partial charge is 0.395 e. The number of rotatable bonds is 3. The van der Waals surface area contributed by atoms with Gasteiger partial charge in [0.1, 0.15) is 0 Å². The number of aliphatic hydroxyl groups excluding tert-OH is 1. The molecule has 0 aliphatic carbocycles. The molecule has 2 fully saturated rings. The van der Waals surface area contributed by atoms with Crippen LogP contribution in [-0.4, -0.2) is 65.3 Å². The van der Waals surface area contributed by atoms with Crippen LogP contribution in [0.5, 0.6) is 0 Å². The van der Waals surface area contributed by atoms with Crippen LogP contribution < -0.4 is 5.32 Å². The molecular formula is C24H35N3O2. The Kier molecular flexibility index (Phi) is 7.21. The molecule has 29 heavy (non-hydrogen) atoms. The van der Waals surface area contributed by atoms with Gasteiger partial charge in [0, 0.05) is 48.6 Å². The van der Waals surface area contributed by atoms with E-state index in [-0.39, 0.29) is 36.7 Å². The SMILES string of the molecule is CC(C)C#Cc1ccc([C@@H]2[C@@H](CO)N3CCCCN(C(=O)NC(C)C)C[C@H]23)cc1. The lowest BCUT2D eigenvalue weighted by molar-refractivity contribution is -0.0591. The Morgan fingerprint density at radius 3 is 2.48 bits per heavy atom. The van der Waals surface area contributed by atoms with Crippen molar-refractivity contribution >= 4 is 6.03 Å². The molecule has 0 spiro atoms. The second kappa shape index (κ2) is 9.65. The fraction of sp³-hybridized carbons (Fsp3) is 0.625. The van der Waals surface area contributed by atoms with E-state index in [2.05, 4.69) is 60.2 Å². The quantitative estimate of drug-likeness (QED) is 0.771. The number of urea groups is 1. The number of benzene rings is 1. The average molecular weight is 398 g/mol. The Balaban J connectivity index is 1.78. The maximum atomic E-state index is 12.6. The average Bonchev–Trinajstić information content (AvgIpc) is 2.65. The van der Waals surface area contributed by atoms with Crippen LogP contribution in [0.25, 0.3) is 0 Å². The number of carbonyl (C=O) groups excluding carboxylic acids is 1. The molecule has 5 heteroatoms. The van der Waals surface area contributed by atoms with Crippen molar-refractivity contribution < 1.29 is 9.90 Å². The van der Waals surface area contributed by atoms with Gasteiger partial charge in [-0.25, -0.2) is 4.79 Å². The van der Waals surface area contributed by atoms with E-state index >= 15 is 0 Å². The summed E-state index contributed by atoms with van der Waals surface area (Å²) in [6, 6.07) is 8.97. The first-order valence-corrected chi connectivity index (χ1v) is 10.9. The summed E-state index contributed by atoms with van der Waals surface area (Å²) in [5.41, 5.74) is 2.25. The minimum Gasteiger partial charge on any atom is -0.395 e. The van der Waals surface area contributed by atoms with Crippen LogP contribution in [-0.2, 0) is 0 Å². The minimum absolute atomic E-state index is 0.0207. The fourth-order valence-electron chi connectivity index (χ4n) is 4.48. The van der Waals surface area contributed by atoms with Crippen molar-refractivity contribution in [2.75, 3.05) is 26.2 Å². The van der Waals surface area contributed by atoms with Gasteiger partial charge in [0.05, 0.1) is 6.61 Å². The number of amides is 2. The lowest BCUT2D eigenvalue weighted by Gasteiger charge is -2.57. The number of carbonyl (C=O) groups is 1. The van der Waals surface area contributed by atoms with Gasteiger partial charge < -0.3 is 15.3 Å². The van der Waals surface area contributed by atoms with Crippen molar-refractivity contribution in [3.8, 4) is 11.8 Å². The summed E-state index contributed by atoms with van der Waals surface area (Å²) in [4.78, 5) is 17.0. The van der Waals surface area contributed by atoms with E-state index in [0.29, 0.717) is 12.5 Å². The standard InChI is InChI=1S/C24H35N3O2/c1-17(2)7-8-19-9-11-20(12-10-19)23-21-15-26(24(29)25-18(3)4)13-5-6-14-27(21)22(23)16-28/h9-12,17-18,21-23,28H,5-6,13-16H2,1-4H3,(H,25,29)/t21-,22-,23+/m1/s1. The monoisotopic (exact) mass is 397 g/mol. The van der Waals surface area contributed by atoms with Crippen molar-refractivity contribution in [2.24, 2.45) is 5.92 Å². The van der Waals surface area contributed by atoms with Crippen LogP contribution in [0.1, 0.15) is 57.6 Å². The highest BCUT2D eigenvalue weighted by Crippen LogP contribution is 2.41. The molecule has 0 bridgehead atoms. The van der Waals surface area contributed by atoms with Crippen LogP contribution in [0.4, 0.5) is 4.79 Å². The number of aliphatic hydroxyl groups is 1. The van der Waals surface area contributed by atoms with E-state index in [1.54, 1.807) is 0 Å². The molecule has 0 aromatic heterocycles. The molecule has 0 unspecified atom stereocenters. The molecule has 0 radical (unpaired) electrons. The van der Waals surface area contributed by atoms with Crippen molar-refractivity contribution in [1.29, 1.82) is 0 Å². The Hall–Kier alpha value is -2.03. The number of nitrogens with one attached hydrogen (secondary N) is 1. The first kappa shape index (κ1) is 21.7. The van der Waals surface area contributed by atoms with Crippen LogP contribution in [0, 0.1) is 17.8 Å². The Bertz CT molecular complexity index is 748. The van der Waals surface area contributed by atoms with Gasteiger partial charge in [0.2, 0.25) is 0 Å². The molecule has 5 nitrogen and oxygen atoms in total. The van der Waals surface area contributed by atoms with Crippen molar-refractivity contribution in [3.05, 3.63) is 35.4 Å². The zero-order valence-electron chi connectivity index (χ0n) is 18.2. The predicted molar refractivity (Wildman–Crippen MR) is 117 cm³/mol. The van der Waals surface area contributed by atoms with E-state index in [0.717, 1.165) is 31.5 Å². The first-order chi connectivity index (χ1) is 13.9.